The summed E-state index contributed by atoms with van der Waals surface area (Å²) in [7, 11) is 0. The number of rotatable bonds is 5. The van der Waals surface area contributed by atoms with E-state index in [2.05, 4.69) is 4.98 Å². The van der Waals surface area contributed by atoms with E-state index in [1.165, 1.54) is 4.90 Å². The average Bonchev–Trinajstić information content (AvgIpc) is 2.98. The van der Waals surface area contributed by atoms with Crippen molar-refractivity contribution in [2.75, 3.05) is 0 Å². The Hall–Kier alpha value is -1.60. The predicted molar refractivity (Wildman–Crippen MR) is 82.1 cm³/mol. The van der Waals surface area contributed by atoms with Gasteiger partial charge in [0, 0.05) is 11.9 Å². The van der Waals surface area contributed by atoms with Gasteiger partial charge in [0.05, 0.1) is 4.91 Å². The molecular formula is C13H14N2O3S2. The molecule has 0 aliphatic carbocycles. The Morgan fingerprint density at radius 1 is 1.65 bits per heavy atom. The van der Waals surface area contributed by atoms with Gasteiger partial charge in [-0.05, 0) is 24.6 Å². The lowest BCUT2D eigenvalue weighted by Gasteiger charge is -2.22. The quantitative estimate of drug-likeness (QED) is 0.645. The fourth-order valence-electron chi connectivity index (χ4n) is 1.96. The maximum absolute atomic E-state index is 12.3. The number of nitrogens with one attached hydrogen (secondary N) is 1. The molecule has 2 heterocycles. The minimum atomic E-state index is -1.02. The zero-order chi connectivity index (χ0) is 14.7. The number of aromatic amines is 1. The third-order valence-electron chi connectivity index (χ3n) is 2.89. The van der Waals surface area contributed by atoms with E-state index >= 15 is 0 Å². The highest BCUT2D eigenvalue weighted by atomic mass is 32.2. The molecule has 2 N–H and O–H groups in total. The van der Waals surface area contributed by atoms with Crippen molar-refractivity contribution in [1.29, 1.82) is 0 Å². The van der Waals surface area contributed by atoms with E-state index in [1.54, 1.807) is 12.3 Å². The molecule has 1 atom stereocenters. The third kappa shape index (κ3) is 2.94. The van der Waals surface area contributed by atoms with Crippen molar-refractivity contribution in [2.24, 2.45) is 0 Å². The lowest BCUT2D eigenvalue weighted by molar-refractivity contribution is -0.145. The molecule has 106 valence electrons. The lowest BCUT2D eigenvalue weighted by Crippen LogP contribution is -2.43. The van der Waals surface area contributed by atoms with Crippen molar-refractivity contribution < 1.29 is 14.7 Å². The molecule has 0 unspecified atom stereocenters. The third-order valence-corrected chi connectivity index (χ3v) is 4.22. The van der Waals surface area contributed by atoms with Crippen LogP contribution in [-0.4, -0.2) is 37.2 Å². The minimum Gasteiger partial charge on any atom is -0.480 e. The van der Waals surface area contributed by atoms with Crippen LogP contribution in [0.3, 0.4) is 0 Å². The number of thioether (sulfide) groups is 1. The fourth-order valence-corrected chi connectivity index (χ4v) is 3.31. The van der Waals surface area contributed by atoms with Crippen molar-refractivity contribution in [3.05, 3.63) is 28.9 Å². The molecule has 1 aliphatic rings. The fraction of sp³-hybridized carbons (Fsp3) is 0.308. The Balaban J connectivity index is 2.26. The highest BCUT2D eigenvalue weighted by molar-refractivity contribution is 8.26. The Labute approximate surface area is 126 Å². The van der Waals surface area contributed by atoms with Gasteiger partial charge in [-0.1, -0.05) is 37.3 Å². The van der Waals surface area contributed by atoms with Crippen molar-refractivity contribution in [3.63, 3.8) is 0 Å². The number of carbonyl (C=O) groups excluding carboxylic acids is 1. The number of aliphatic carboxylic acids is 1. The highest BCUT2D eigenvalue weighted by Crippen LogP contribution is 2.34. The molecule has 0 aromatic carbocycles. The van der Waals surface area contributed by atoms with E-state index < -0.39 is 12.0 Å². The second-order valence-corrected chi connectivity index (χ2v) is 6.00. The molecular weight excluding hydrogens is 296 g/mol. The summed E-state index contributed by atoms with van der Waals surface area (Å²) in [6.45, 7) is 1.88. The zero-order valence-electron chi connectivity index (χ0n) is 10.8. The van der Waals surface area contributed by atoms with Gasteiger partial charge in [0.15, 0.2) is 0 Å². The molecule has 0 radical (unpaired) electrons. The van der Waals surface area contributed by atoms with E-state index in [-0.39, 0.29) is 5.91 Å². The largest absolute Gasteiger partial charge is 0.480 e. The number of amides is 1. The number of hydrogen-bond acceptors (Lipinski definition) is 4. The number of carboxylic acid groups (broad SMARTS) is 1. The molecule has 1 fully saturated rings. The first-order valence-corrected chi connectivity index (χ1v) is 7.40. The Morgan fingerprint density at radius 3 is 2.95 bits per heavy atom. The molecule has 20 heavy (non-hydrogen) atoms. The summed E-state index contributed by atoms with van der Waals surface area (Å²) in [5.74, 6) is -1.36. The van der Waals surface area contributed by atoms with Crippen LogP contribution >= 0.6 is 24.0 Å². The summed E-state index contributed by atoms with van der Waals surface area (Å²) in [6, 6.07) is 2.76. The summed E-state index contributed by atoms with van der Waals surface area (Å²) in [5.41, 5.74) is 0.785. The monoisotopic (exact) mass is 310 g/mol. The normalized spacial score (nSPS) is 18.9. The van der Waals surface area contributed by atoms with Crippen molar-refractivity contribution >= 4 is 46.3 Å². The van der Waals surface area contributed by atoms with Crippen molar-refractivity contribution in [3.8, 4) is 0 Å². The number of thiocarbonyl (C=S) groups is 1. The minimum absolute atomic E-state index is 0.300. The van der Waals surface area contributed by atoms with Crippen molar-refractivity contribution in [1.82, 2.24) is 9.88 Å². The predicted octanol–water partition coefficient (Wildman–Crippen LogP) is 2.47. The van der Waals surface area contributed by atoms with Gasteiger partial charge in [-0.25, -0.2) is 4.79 Å². The van der Waals surface area contributed by atoms with Crippen LogP contribution in [0.15, 0.2) is 23.2 Å². The molecule has 1 aromatic heterocycles. The Bertz CT molecular complexity index is 566. The summed E-state index contributed by atoms with van der Waals surface area (Å²) >= 11 is 6.29. The second-order valence-electron chi connectivity index (χ2n) is 4.32. The maximum atomic E-state index is 12.3. The van der Waals surface area contributed by atoms with Crippen LogP contribution < -0.4 is 0 Å². The van der Waals surface area contributed by atoms with Crippen LogP contribution in [0.5, 0.6) is 0 Å². The standard InChI is InChI=1S/C13H14N2O3S2/c1-2-4-9(12(17)18)15-11(16)10(20-13(15)19)7-8-5-3-6-14-8/h3,5-7,9,14H,2,4H2,1H3,(H,17,18)/b10-7-/t9-/m0/s1. The molecule has 0 saturated carbocycles. The number of carboxylic acids is 1. The smallest absolute Gasteiger partial charge is 0.326 e. The highest BCUT2D eigenvalue weighted by Gasteiger charge is 2.39. The maximum Gasteiger partial charge on any atom is 0.326 e. The van der Waals surface area contributed by atoms with Crippen LogP contribution in [0.25, 0.3) is 6.08 Å². The molecule has 1 amide bonds. The van der Waals surface area contributed by atoms with E-state index in [4.69, 9.17) is 12.2 Å². The number of carbonyl (C=O) groups is 2. The van der Waals surface area contributed by atoms with Gasteiger partial charge in [-0.2, -0.15) is 0 Å². The summed E-state index contributed by atoms with van der Waals surface area (Å²) < 4.78 is 0.300. The van der Waals surface area contributed by atoms with Crippen LogP contribution in [0, 0.1) is 0 Å². The zero-order valence-corrected chi connectivity index (χ0v) is 12.5. The van der Waals surface area contributed by atoms with Crippen LogP contribution in [0.2, 0.25) is 0 Å². The van der Waals surface area contributed by atoms with Gasteiger partial charge in [0.2, 0.25) is 0 Å². The number of aromatic nitrogens is 1. The van der Waals surface area contributed by atoms with Gasteiger partial charge in [0.25, 0.3) is 5.91 Å². The molecule has 5 nitrogen and oxygen atoms in total. The lowest BCUT2D eigenvalue weighted by atomic mass is 10.1. The van der Waals surface area contributed by atoms with Crippen LogP contribution in [0.1, 0.15) is 25.5 Å². The number of nitrogens with zero attached hydrogens (tertiary/aromatic N) is 1. The molecule has 0 bridgehead atoms. The molecule has 1 aliphatic heterocycles. The Kier molecular flexibility index (Phi) is 4.61. The molecule has 1 saturated heterocycles. The SMILES string of the molecule is CCC[C@@H](C(=O)O)N1C(=O)/C(=C/c2ccc[nH]2)SC1=S. The summed E-state index contributed by atoms with van der Waals surface area (Å²) in [6.07, 6.45) is 4.50. The molecule has 0 spiro atoms. The molecule has 1 aromatic rings. The van der Waals surface area contributed by atoms with Gasteiger partial charge in [-0.3, -0.25) is 9.69 Å². The first-order valence-electron chi connectivity index (χ1n) is 6.18. The summed E-state index contributed by atoms with van der Waals surface area (Å²) in [4.78, 5) is 28.3. The number of hydrogen-bond donors (Lipinski definition) is 2. The van der Waals surface area contributed by atoms with E-state index in [1.807, 2.05) is 19.1 Å². The van der Waals surface area contributed by atoms with Gasteiger partial charge < -0.3 is 10.1 Å². The second kappa shape index (κ2) is 6.23. The van der Waals surface area contributed by atoms with Gasteiger partial charge >= 0.3 is 5.97 Å². The first-order chi connectivity index (χ1) is 9.54. The molecule has 2 rings (SSSR count). The number of H-pyrrole nitrogens is 1. The molecule has 7 heteroatoms. The Morgan fingerprint density at radius 2 is 2.40 bits per heavy atom. The van der Waals surface area contributed by atoms with Gasteiger partial charge in [-0.15, -0.1) is 0 Å². The van der Waals surface area contributed by atoms with E-state index in [9.17, 15) is 14.7 Å². The summed E-state index contributed by atoms with van der Waals surface area (Å²) in [5, 5.41) is 9.25. The van der Waals surface area contributed by atoms with E-state index in [0.29, 0.717) is 22.1 Å². The topological polar surface area (TPSA) is 73.4 Å². The van der Waals surface area contributed by atoms with E-state index in [0.717, 1.165) is 17.5 Å². The first kappa shape index (κ1) is 14.8. The average molecular weight is 310 g/mol. The van der Waals surface area contributed by atoms with Crippen LogP contribution in [-0.2, 0) is 9.59 Å². The van der Waals surface area contributed by atoms with Gasteiger partial charge in [0.1, 0.15) is 10.4 Å². The van der Waals surface area contributed by atoms with Crippen LogP contribution in [0.4, 0.5) is 0 Å². The van der Waals surface area contributed by atoms with Crippen molar-refractivity contribution in [2.45, 2.75) is 25.8 Å².